The molecule has 1 saturated carbocycles. The van der Waals surface area contributed by atoms with Crippen LogP contribution in [0.2, 0.25) is 0 Å². The minimum atomic E-state index is -0.449. The quantitative estimate of drug-likeness (QED) is 0.604. The molecule has 0 aliphatic heterocycles. The van der Waals surface area contributed by atoms with E-state index < -0.39 is 5.54 Å². The molecule has 0 amide bonds. The number of hydrogen-bond donors (Lipinski definition) is 0. The van der Waals surface area contributed by atoms with Crippen molar-refractivity contribution in [2.24, 2.45) is 4.99 Å². The van der Waals surface area contributed by atoms with E-state index in [1.165, 1.54) is 0 Å². The highest BCUT2D eigenvalue weighted by atomic mass is 16.5. The molecule has 0 radical (unpaired) electrons. The summed E-state index contributed by atoms with van der Waals surface area (Å²) in [7, 11) is 3.29. The van der Waals surface area contributed by atoms with Crippen LogP contribution in [0.25, 0.3) is 0 Å². The summed E-state index contributed by atoms with van der Waals surface area (Å²) in [5, 5.41) is 0. The van der Waals surface area contributed by atoms with Crippen molar-refractivity contribution < 1.29 is 14.3 Å². The lowest BCUT2D eigenvalue weighted by Gasteiger charge is -2.19. The first-order valence-corrected chi connectivity index (χ1v) is 6.43. The predicted octanol–water partition coefficient (Wildman–Crippen LogP) is 3.15. The molecule has 4 heteroatoms. The van der Waals surface area contributed by atoms with Gasteiger partial charge in [-0.25, -0.2) is 4.79 Å². The predicted molar refractivity (Wildman–Crippen MR) is 72.7 cm³/mol. The van der Waals surface area contributed by atoms with Crippen LogP contribution in [0.3, 0.4) is 0 Å². The van der Waals surface area contributed by atoms with E-state index in [0.29, 0.717) is 5.92 Å². The second kappa shape index (κ2) is 5.06. The molecule has 2 rings (SSSR count). The van der Waals surface area contributed by atoms with Crippen molar-refractivity contribution >= 4 is 6.08 Å². The van der Waals surface area contributed by atoms with Gasteiger partial charge in [0, 0.05) is 11.1 Å². The molecule has 1 fully saturated rings. The Kier molecular flexibility index (Phi) is 3.63. The van der Waals surface area contributed by atoms with E-state index in [2.05, 4.69) is 18.8 Å². The Bertz CT molecular complexity index is 526. The third kappa shape index (κ3) is 2.36. The third-order valence-corrected chi connectivity index (χ3v) is 3.66. The summed E-state index contributed by atoms with van der Waals surface area (Å²) in [6.07, 6.45) is 3.37. The summed E-state index contributed by atoms with van der Waals surface area (Å²) in [5.41, 5.74) is 1.56. The molecule has 0 bridgehead atoms. The monoisotopic (exact) mass is 261 g/mol. The van der Waals surface area contributed by atoms with Crippen molar-refractivity contribution in [1.29, 1.82) is 0 Å². The Morgan fingerprint density at radius 2 is 1.84 bits per heavy atom. The fourth-order valence-corrected chi connectivity index (χ4v) is 2.38. The highest BCUT2D eigenvalue weighted by molar-refractivity contribution is 5.54. The molecule has 0 saturated heterocycles. The van der Waals surface area contributed by atoms with E-state index in [1.54, 1.807) is 20.3 Å². The van der Waals surface area contributed by atoms with Gasteiger partial charge in [0.2, 0.25) is 6.08 Å². The van der Waals surface area contributed by atoms with Crippen LogP contribution in [-0.4, -0.2) is 20.3 Å². The van der Waals surface area contributed by atoms with E-state index in [1.807, 2.05) is 12.1 Å². The van der Waals surface area contributed by atoms with Crippen LogP contribution in [0.15, 0.2) is 17.1 Å². The first-order valence-electron chi connectivity index (χ1n) is 6.43. The smallest absolute Gasteiger partial charge is 0.235 e. The van der Waals surface area contributed by atoms with Gasteiger partial charge in [0.15, 0.2) is 0 Å². The van der Waals surface area contributed by atoms with Crippen LogP contribution >= 0.6 is 0 Å². The van der Waals surface area contributed by atoms with E-state index in [-0.39, 0.29) is 0 Å². The third-order valence-electron chi connectivity index (χ3n) is 3.66. The minimum Gasteiger partial charge on any atom is -0.496 e. The first kappa shape index (κ1) is 13.6. The van der Waals surface area contributed by atoms with Crippen molar-refractivity contribution in [1.82, 2.24) is 0 Å². The maximum atomic E-state index is 10.6. The van der Waals surface area contributed by atoms with E-state index >= 15 is 0 Å². The van der Waals surface area contributed by atoms with E-state index in [0.717, 1.165) is 35.5 Å². The summed E-state index contributed by atoms with van der Waals surface area (Å²) < 4.78 is 10.9. The molecule has 1 aliphatic carbocycles. The molecule has 1 aromatic rings. The van der Waals surface area contributed by atoms with Crippen molar-refractivity contribution in [3.63, 3.8) is 0 Å². The van der Waals surface area contributed by atoms with Gasteiger partial charge in [-0.1, -0.05) is 13.8 Å². The van der Waals surface area contributed by atoms with Crippen LogP contribution in [0.1, 0.15) is 43.7 Å². The highest BCUT2D eigenvalue weighted by Crippen LogP contribution is 2.53. The SMILES string of the molecule is COc1cc(C2(N=C=O)CC2)c(OC)cc1C(C)C. The normalized spacial score (nSPS) is 15.8. The summed E-state index contributed by atoms with van der Waals surface area (Å²) in [6, 6.07) is 3.93. The van der Waals surface area contributed by atoms with Gasteiger partial charge >= 0.3 is 0 Å². The second-order valence-electron chi connectivity index (χ2n) is 5.18. The molecular formula is C15H19NO3. The van der Waals surface area contributed by atoms with Crippen LogP contribution in [0, 0.1) is 0 Å². The Hall–Kier alpha value is -1.80. The van der Waals surface area contributed by atoms with Crippen molar-refractivity contribution in [2.45, 2.75) is 38.1 Å². The molecule has 0 atom stereocenters. The van der Waals surface area contributed by atoms with Crippen molar-refractivity contribution in [2.75, 3.05) is 14.2 Å². The van der Waals surface area contributed by atoms with Crippen LogP contribution < -0.4 is 9.47 Å². The molecule has 4 nitrogen and oxygen atoms in total. The van der Waals surface area contributed by atoms with Crippen LogP contribution in [0.5, 0.6) is 11.5 Å². The number of ether oxygens (including phenoxy) is 2. The van der Waals surface area contributed by atoms with Crippen LogP contribution in [0.4, 0.5) is 0 Å². The molecule has 0 heterocycles. The molecule has 0 aromatic heterocycles. The molecule has 0 unspecified atom stereocenters. The lowest BCUT2D eigenvalue weighted by atomic mass is 9.95. The van der Waals surface area contributed by atoms with Gasteiger partial charge < -0.3 is 9.47 Å². The summed E-state index contributed by atoms with van der Waals surface area (Å²) >= 11 is 0. The molecule has 1 aromatic carbocycles. The van der Waals surface area contributed by atoms with Crippen molar-refractivity contribution in [3.8, 4) is 11.5 Å². The maximum absolute atomic E-state index is 10.6. The average Bonchev–Trinajstić information content (AvgIpc) is 3.18. The van der Waals surface area contributed by atoms with Gasteiger partial charge in [0.25, 0.3) is 0 Å². The fourth-order valence-electron chi connectivity index (χ4n) is 2.38. The summed E-state index contributed by atoms with van der Waals surface area (Å²) in [5.74, 6) is 1.92. The minimum absolute atomic E-state index is 0.336. The number of isocyanates is 1. The highest BCUT2D eigenvalue weighted by Gasteiger charge is 2.47. The summed E-state index contributed by atoms with van der Waals surface area (Å²) in [4.78, 5) is 14.6. The van der Waals surface area contributed by atoms with E-state index in [4.69, 9.17) is 9.47 Å². The van der Waals surface area contributed by atoms with Gasteiger partial charge in [-0.05, 0) is 30.9 Å². The second-order valence-corrected chi connectivity index (χ2v) is 5.18. The Morgan fingerprint density at radius 3 is 2.26 bits per heavy atom. The Labute approximate surface area is 113 Å². The molecule has 1 aliphatic rings. The Morgan fingerprint density at radius 1 is 1.21 bits per heavy atom. The zero-order valence-corrected chi connectivity index (χ0v) is 11.8. The van der Waals surface area contributed by atoms with E-state index in [9.17, 15) is 4.79 Å². The first-order chi connectivity index (χ1) is 9.07. The molecule has 19 heavy (non-hydrogen) atoms. The van der Waals surface area contributed by atoms with Crippen molar-refractivity contribution in [3.05, 3.63) is 23.3 Å². The number of aliphatic imine (C=N–C) groups is 1. The summed E-state index contributed by atoms with van der Waals surface area (Å²) in [6.45, 7) is 4.21. The largest absolute Gasteiger partial charge is 0.496 e. The zero-order valence-electron chi connectivity index (χ0n) is 11.8. The maximum Gasteiger partial charge on any atom is 0.235 e. The number of hydrogen-bond acceptors (Lipinski definition) is 4. The van der Waals surface area contributed by atoms with Gasteiger partial charge in [-0.15, -0.1) is 0 Å². The molecule has 0 spiro atoms. The lowest BCUT2D eigenvalue weighted by Crippen LogP contribution is -2.07. The van der Waals surface area contributed by atoms with Crippen LogP contribution in [-0.2, 0) is 10.3 Å². The number of benzene rings is 1. The lowest BCUT2D eigenvalue weighted by molar-refractivity contribution is 0.389. The fraction of sp³-hybridized carbons (Fsp3) is 0.533. The standard InChI is InChI=1S/C15H19NO3/c1-10(2)11-7-14(19-4)12(8-13(11)18-3)15(5-6-15)16-9-17/h7-8,10H,5-6H2,1-4H3. The number of methoxy groups -OCH3 is 2. The topological polar surface area (TPSA) is 47.9 Å². The van der Waals surface area contributed by atoms with Gasteiger partial charge in [0.05, 0.1) is 14.2 Å². The molecule has 0 N–H and O–H groups in total. The molecular weight excluding hydrogens is 242 g/mol. The van der Waals surface area contributed by atoms with Gasteiger partial charge in [-0.3, -0.25) is 0 Å². The number of carbonyl (C=O) groups excluding carboxylic acids is 1. The number of nitrogens with zero attached hydrogens (tertiary/aromatic N) is 1. The van der Waals surface area contributed by atoms with Gasteiger partial charge in [0.1, 0.15) is 17.0 Å². The number of rotatable bonds is 5. The molecule has 102 valence electrons. The average molecular weight is 261 g/mol. The zero-order chi connectivity index (χ0) is 14.0. The Balaban J connectivity index is 2.58. The van der Waals surface area contributed by atoms with Gasteiger partial charge in [-0.2, -0.15) is 4.99 Å².